The molecule has 0 aromatic heterocycles. The number of carbonyl (C=O) groups excluding carboxylic acids is 2. The molecule has 0 saturated heterocycles. The first-order valence-electron chi connectivity index (χ1n) is 7.66. The first-order chi connectivity index (χ1) is 11.9. The Labute approximate surface area is 143 Å². The maximum atomic E-state index is 14.0. The van der Waals surface area contributed by atoms with E-state index in [4.69, 9.17) is 20.9 Å². The van der Waals surface area contributed by atoms with Gasteiger partial charge >= 0.3 is 0 Å². The van der Waals surface area contributed by atoms with Crippen LogP contribution in [0.1, 0.15) is 37.4 Å². The lowest BCUT2D eigenvalue weighted by atomic mass is 9.96. The van der Waals surface area contributed by atoms with Gasteiger partial charge in [-0.05, 0) is 29.3 Å². The summed E-state index contributed by atoms with van der Waals surface area (Å²) in [5.74, 6) is -1.08. The summed E-state index contributed by atoms with van der Waals surface area (Å²) in [6, 6.07) is 5.80. The van der Waals surface area contributed by atoms with Crippen LogP contribution in [0.5, 0.6) is 11.5 Å². The van der Waals surface area contributed by atoms with Crippen molar-refractivity contribution in [1.82, 2.24) is 0 Å². The van der Waals surface area contributed by atoms with E-state index < -0.39 is 17.6 Å². The van der Waals surface area contributed by atoms with Gasteiger partial charge < -0.3 is 20.9 Å². The molecule has 0 bridgehead atoms. The van der Waals surface area contributed by atoms with Gasteiger partial charge in [-0.2, -0.15) is 0 Å². The Morgan fingerprint density at radius 3 is 2.52 bits per heavy atom. The minimum absolute atomic E-state index is 0.169. The lowest BCUT2D eigenvalue weighted by Gasteiger charge is -2.15. The third-order valence-electron chi connectivity index (χ3n) is 4.16. The Kier molecular flexibility index (Phi) is 4.31. The summed E-state index contributed by atoms with van der Waals surface area (Å²) in [6.45, 7) is 0.468. The van der Waals surface area contributed by atoms with Crippen molar-refractivity contribution < 1.29 is 23.5 Å². The lowest BCUT2D eigenvalue weighted by molar-refractivity contribution is 0.0988. The van der Waals surface area contributed by atoms with Crippen LogP contribution in [0, 0.1) is 5.82 Å². The van der Waals surface area contributed by atoms with Gasteiger partial charge in [-0.25, -0.2) is 4.39 Å². The van der Waals surface area contributed by atoms with Gasteiger partial charge in [0.2, 0.25) is 0 Å². The second-order valence-electron chi connectivity index (χ2n) is 5.74. The number of ether oxygens (including phenoxy) is 2. The number of halogens is 1. The van der Waals surface area contributed by atoms with Crippen molar-refractivity contribution in [3.8, 4) is 11.5 Å². The number of amides is 2. The Bertz CT molecular complexity index is 880. The second kappa shape index (κ2) is 6.43. The number of hydrogen-bond acceptors (Lipinski definition) is 4. The molecule has 2 aromatic rings. The standard InChI is InChI=1S/C18H17FN2O4/c1-24-16-12-4-5-25-15(12)10(8-13(16)18(21)23)6-9-2-3-11(17(20)22)14(19)7-9/h2-3,7-8H,4-6H2,1H3,(H2,20,22)(H2,21,23). The van der Waals surface area contributed by atoms with Gasteiger partial charge in [-0.15, -0.1) is 0 Å². The van der Waals surface area contributed by atoms with Gasteiger partial charge in [0, 0.05) is 18.4 Å². The maximum Gasteiger partial charge on any atom is 0.252 e. The molecule has 6 nitrogen and oxygen atoms in total. The van der Waals surface area contributed by atoms with Crippen LogP contribution in [0.2, 0.25) is 0 Å². The van der Waals surface area contributed by atoms with Gasteiger partial charge in [-0.1, -0.05) is 6.07 Å². The molecule has 0 spiro atoms. The summed E-state index contributed by atoms with van der Waals surface area (Å²) in [7, 11) is 1.47. The second-order valence-corrected chi connectivity index (χ2v) is 5.74. The monoisotopic (exact) mass is 344 g/mol. The maximum absolute atomic E-state index is 14.0. The summed E-state index contributed by atoms with van der Waals surface area (Å²) < 4.78 is 25.0. The molecule has 0 aliphatic carbocycles. The molecule has 0 atom stereocenters. The number of fused-ring (bicyclic) bond motifs is 1. The van der Waals surface area contributed by atoms with E-state index in [-0.39, 0.29) is 11.1 Å². The molecular formula is C18H17FN2O4. The third kappa shape index (κ3) is 3.00. The largest absolute Gasteiger partial charge is 0.495 e. The van der Waals surface area contributed by atoms with Gasteiger partial charge in [0.25, 0.3) is 11.8 Å². The number of benzene rings is 2. The minimum atomic E-state index is -0.825. The van der Waals surface area contributed by atoms with Crippen LogP contribution in [0.3, 0.4) is 0 Å². The van der Waals surface area contributed by atoms with Crippen molar-refractivity contribution in [2.75, 3.05) is 13.7 Å². The molecule has 1 aliphatic heterocycles. The number of primary amides is 2. The average molecular weight is 344 g/mol. The molecule has 0 unspecified atom stereocenters. The number of methoxy groups -OCH3 is 1. The van der Waals surface area contributed by atoms with Crippen molar-refractivity contribution in [2.45, 2.75) is 12.8 Å². The molecule has 2 amide bonds. The van der Waals surface area contributed by atoms with Crippen LogP contribution in [-0.4, -0.2) is 25.5 Å². The fourth-order valence-corrected chi connectivity index (χ4v) is 3.06. The van der Waals surface area contributed by atoms with Crippen molar-refractivity contribution in [1.29, 1.82) is 0 Å². The zero-order valence-corrected chi connectivity index (χ0v) is 13.6. The summed E-state index contributed by atoms with van der Waals surface area (Å²) in [6.07, 6.45) is 0.907. The van der Waals surface area contributed by atoms with E-state index in [0.29, 0.717) is 42.1 Å². The fourth-order valence-electron chi connectivity index (χ4n) is 3.06. The van der Waals surface area contributed by atoms with Gasteiger partial charge in [0.1, 0.15) is 17.3 Å². The van der Waals surface area contributed by atoms with Crippen LogP contribution in [0.4, 0.5) is 4.39 Å². The Morgan fingerprint density at radius 1 is 1.20 bits per heavy atom. The van der Waals surface area contributed by atoms with E-state index in [2.05, 4.69) is 0 Å². The van der Waals surface area contributed by atoms with E-state index in [1.165, 1.54) is 19.2 Å². The number of carbonyl (C=O) groups is 2. The van der Waals surface area contributed by atoms with E-state index in [1.54, 1.807) is 12.1 Å². The highest BCUT2D eigenvalue weighted by atomic mass is 19.1. The van der Waals surface area contributed by atoms with Crippen LogP contribution < -0.4 is 20.9 Å². The van der Waals surface area contributed by atoms with E-state index in [1.807, 2.05) is 0 Å². The average Bonchev–Trinajstić information content (AvgIpc) is 3.04. The number of rotatable bonds is 5. The molecule has 0 saturated carbocycles. The molecule has 3 rings (SSSR count). The molecule has 2 aromatic carbocycles. The van der Waals surface area contributed by atoms with Crippen molar-refractivity contribution >= 4 is 11.8 Å². The van der Waals surface area contributed by atoms with Crippen LogP contribution in [0.25, 0.3) is 0 Å². The number of hydrogen-bond donors (Lipinski definition) is 2. The van der Waals surface area contributed by atoms with Gasteiger partial charge in [0.05, 0.1) is 24.8 Å². The SMILES string of the molecule is COc1c(C(N)=O)cc(Cc2ccc(C(N)=O)c(F)c2)c2c1CCO2. The Morgan fingerprint density at radius 2 is 1.92 bits per heavy atom. The van der Waals surface area contributed by atoms with Crippen LogP contribution in [-0.2, 0) is 12.8 Å². The highest BCUT2D eigenvalue weighted by Gasteiger charge is 2.26. The Balaban J connectivity index is 2.05. The van der Waals surface area contributed by atoms with Crippen molar-refractivity contribution in [3.63, 3.8) is 0 Å². The molecule has 1 heterocycles. The molecule has 0 radical (unpaired) electrons. The number of nitrogens with two attached hydrogens (primary N) is 2. The first-order valence-corrected chi connectivity index (χ1v) is 7.66. The van der Waals surface area contributed by atoms with E-state index >= 15 is 0 Å². The molecule has 7 heteroatoms. The van der Waals surface area contributed by atoms with Crippen LogP contribution in [0.15, 0.2) is 24.3 Å². The van der Waals surface area contributed by atoms with Crippen LogP contribution >= 0.6 is 0 Å². The van der Waals surface area contributed by atoms with Gasteiger partial charge in [0.15, 0.2) is 0 Å². The lowest BCUT2D eigenvalue weighted by Crippen LogP contribution is -2.14. The smallest absolute Gasteiger partial charge is 0.252 e. The van der Waals surface area contributed by atoms with Gasteiger partial charge in [-0.3, -0.25) is 9.59 Å². The zero-order valence-electron chi connectivity index (χ0n) is 13.6. The van der Waals surface area contributed by atoms with E-state index in [0.717, 1.165) is 5.56 Å². The third-order valence-corrected chi connectivity index (χ3v) is 4.16. The fraction of sp³-hybridized carbons (Fsp3) is 0.222. The highest BCUT2D eigenvalue weighted by Crippen LogP contribution is 2.40. The molecule has 130 valence electrons. The molecule has 0 fully saturated rings. The molecule has 4 N–H and O–H groups in total. The summed E-state index contributed by atoms with van der Waals surface area (Å²) in [5.41, 5.74) is 12.8. The summed E-state index contributed by atoms with van der Waals surface area (Å²) in [4.78, 5) is 22.9. The normalized spacial score (nSPS) is 12.4. The molecule has 25 heavy (non-hydrogen) atoms. The highest BCUT2D eigenvalue weighted by molar-refractivity contribution is 5.97. The summed E-state index contributed by atoms with van der Waals surface area (Å²) >= 11 is 0. The zero-order chi connectivity index (χ0) is 18.1. The first kappa shape index (κ1) is 16.8. The molecular weight excluding hydrogens is 327 g/mol. The van der Waals surface area contributed by atoms with Crippen molar-refractivity contribution in [3.05, 3.63) is 57.9 Å². The topological polar surface area (TPSA) is 105 Å². The Hall–Kier alpha value is -3.09. The summed E-state index contributed by atoms with van der Waals surface area (Å²) in [5, 5.41) is 0. The minimum Gasteiger partial charge on any atom is -0.495 e. The van der Waals surface area contributed by atoms with Crippen molar-refractivity contribution in [2.24, 2.45) is 11.5 Å². The predicted octanol–water partition coefficient (Wildman–Crippen LogP) is 1.56. The quantitative estimate of drug-likeness (QED) is 0.858. The van der Waals surface area contributed by atoms with E-state index in [9.17, 15) is 14.0 Å². The molecule has 1 aliphatic rings. The predicted molar refractivity (Wildman–Crippen MR) is 88.4 cm³/mol.